The lowest BCUT2D eigenvalue weighted by Gasteiger charge is -2.16. The number of urea groups is 1. The highest BCUT2D eigenvalue weighted by atomic mass is 35.5. The Morgan fingerprint density at radius 2 is 1.75 bits per heavy atom. The minimum absolute atomic E-state index is 0. The van der Waals surface area contributed by atoms with Crippen molar-refractivity contribution in [1.82, 2.24) is 15.3 Å². The maximum Gasteiger partial charge on any atom is 0.319 e. The van der Waals surface area contributed by atoms with Gasteiger partial charge in [0.1, 0.15) is 17.3 Å². The van der Waals surface area contributed by atoms with Crippen molar-refractivity contribution >= 4 is 46.8 Å². The van der Waals surface area contributed by atoms with Crippen molar-refractivity contribution in [3.8, 4) is 11.1 Å². The zero-order valence-electron chi connectivity index (χ0n) is 21.3. The van der Waals surface area contributed by atoms with Crippen molar-refractivity contribution in [1.29, 1.82) is 0 Å². The van der Waals surface area contributed by atoms with Crippen LogP contribution in [0.5, 0.6) is 0 Å². The average Bonchev–Trinajstić information content (AvgIpc) is 2.74. The number of nitrogens with one attached hydrogen (secondary N) is 3. The van der Waals surface area contributed by atoms with Crippen LogP contribution in [-0.2, 0) is 4.79 Å². The van der Waals surface area contributed by atoms with Gasteiger partial charge in [-0.25, -0.2) is 18.6 Å². The fourth-order valence-corrected chi connectivity index (χ4v) is 3.47. The number of pyridine rings is 2. The van der Waals surface area contributed by atoms with E-state index in [9.17, 15) is 18.4 Å². The van der Waals surface area contributed by atoms with Gasteiger partial charge in [0.25, 0.3) is 0 Å². The number of nitrogens with zero attached hydrogens (tertiary/aromatic N) is 2. The molecule has 3 rings (SSSR count). The molecule has 0 aliphatic heterocycles. The molecule has 0 aliphatic rings. The van der Waals surface area contributed by atoms with Crippen LogP contribution in [0.1, 0.15) is 45.4 Å². The SMILES string of the molecule is Cc1cc(F)c(NC(=O)NCCC(C)(C)F)cc1-c1cc2cnc(NC(=O)C(C)C)cc2nc1C.Cl. The lowest BCUT2D eigenvalue weighted by molar-refractivity contribution is -0.118. The first kappa shape index (κ1) is 28.9. The quantitative estimate of drug-likeness (QED) is 0.340. The number of aryl methyl sites for hydroxylation is 2. The summed E-state index contributed by atoms with van der Waals surface area (Å²) in [4.78, 5) is 33.2. The van der Waals surface area contributed by atoms with Crippen molar-refractivity contribution in [2.75, 3.05) is 17.2 Å². The number of rotatable bonds is 7. The van der Waals surface area contributed by atoms with E-state index >= 15 is 0 Å². The molecule has 194 valence electrons. The van der Waals surface area contributed by atoms with Gasteiger partial charge < -0.3 is 16.0 Å². The molecule has 0 unspecified atom stereocenters. The van der Waals surface area contributed by atoms with Gasteiger partial charge in [-0.1, -0.05) is 13.8 Å². The van der Waals surface area contributed by atoms with E-state index in [4.69, 9.17) is 0 Å². The summed E-state index contributed by atoms with van der Waals surface area (Å²) in [6, 6.07) is 5.90. The highest BCUT2D eigenvalue weighted by molar-refractivity contribution is 5.94. The molecule has 1 aromatic carbocycles. The molecule has 2 heterocycles. The molecule has 0 spiro atoms. The van der Waals surface area contributed by atoms with Crippen LogP contribution < -0.4 is 16.0 Å². The molecule has 10 heteroatoms. The number of amides is 3. The largest absolute Gasteiger partial charge is 0.338 e. The van der Waals surface area contributed by atoms with Crippen LogP contribution in [0.2, 0.25) is 0 Å². The van der Waals surface area contributed by atoms with Gasteiger partial charge in [-0.15, -0.1) is 12.4 Å². The number of aromatic nitrogens is 2. The molecule has 0 saturated heterocycles. The topological polar surface area (TPSA) is 96.0 Å². The third-order valence-corrected chi connectivity index (χ3v) is 5.52. The first-order valence-electron chi connectivity index (χ1n) is 11.5. The summed E-state index contributed by atoms with van der Waals surface area (Å²) >= 11 is 0. The van der Waals surface area contributed by atoms with Crippen LogP contribution in [0, 0.1) is 25.6 Å². The fraction of sp³-hybridized carbons (Fsp3) is 0.385. The maximum atomic E-state index is 14.6. The minimum Gasteiger partial charge on any atom is -0.338 e. The number of halogens is 3. The molecule has 0 atom stereocenters. The van der Waals surface area contributed by atoms with E-state index < -0.39 is 17.5 Å². The maximum absolute atomic E-state index is 14.6. The van der Waals surface area contributed by atoms with Gasteiger partial charge in [0, 0.05) is 41.4 Å². The number of fused-ring (bicyclic) bond motifs is 1. The number of anilines is 2. The lowest BCUT2D eigenvalue weighted by Crippen LogP contribution is -2.32. The van der Waals surface area contributed by atoms with Crippen molar-refractivity contribution in [2.24, 2.45) is 5.92 Å². The van der Waals surface area contributed by atoms with E-state index in [-0.39, 0.29) is 42.9 Å². The molecular weight excluding hydrogens is 488 g/mol. The molecule has 2 aromatic heterocycles. The predicted molar refractivity (Wildman–Crippen MR) is 142 cm³/mol. The number of benzene rings is 1. The van der Waals surface area contributed by atoms with Crippen LogP contribution in [0.25, 0.3) is 22.0 Å². The molecule has 0 fully saturated rings. The Morgan fingerprint density at radius 3 is 2.39 bits per heavy atom. The zero-order valence-corrected chi connectivity index (χ0v) is 22.1. The first-order chi connectivity index (χ1) is 16.3. The van der Waals surface area contributed by atoms with Gasteiger partial charge in [-0.3, -0.25) is 9.78 Å². The van der Waals surface area contributed by atoms with E-state index in [0.29, 0.717) is 28.2 Å². The van der Waals surface area contributed by atoms with Gasteiger partial charge >= 0.3 is 6.03 Å². The van der Waals surface area contributed by atoms with Crippen molar-refractivity contribution in [3.63, 3.8) is 0 Å². The molecule has 0 aliphatic carbocycles. The smallest absolute Gasteiger partial charge is 0.319 e. The molecule has 3 amide bonds. The average molecular weight is 520 g/mol. The number of carbonyl (C=O) groups is 2. The number of hydrogen-bond acceptors (Lipinski definition) is 4. The summed E-state index contributed by atoms with van der Waals surface area (Å²) in [5, 5.41) is 8.56. The summed E-state index contributed by atoms with van der Waals surface area (Å²) in [6.07, 6.45) is 1.76. The van der Waals surface area contributed by atoms with E-state index in [1.165, 1.54) is 19.9 Å². The van der Waals surface area contributed by atoms with Gasteiger partial charge in [-0.2, -0.15) is 0 Å². The molecule has 0 bridgehead atoms. The monoisotopic (exact) mass is 519 g/mol. The summed E-state index contributed by atoms with van der Waals surface area (Å²) in [5.41, 5.74) is 2.09. The second kappa shape index (κ2) is 11.6. The van der Waals surface area contributed by atoms with Gasteiger partial charge in [-0.05, 0) is 63.4 Å². The molecule has 36 heavy (non-hydrogen) atoms. The summed E-state index contributed by atoms with van der Waals surface area (Å²) in [5.74, 6) is -0.468. The molecule has 3 N–H and O–H groups in total. The highest BCUT2D eigenvalue weighted by Gasteiger charge is 2.17. The minimum atomic E-state index is -1.41. The van der Waals surface area contributed by atoms with Gasteiger partial charge in [0.05, 0.1) is 11.2 Å². The van der Waals surface area contributed by atoms with Crippen LogP contribution >= 0.6 is 12.4 Å². The second-order valence-electron chi connectivity index (χ2n) is 9.52. The fourth-order valence-electron chi connectivity index (χ4n) is 3.47. The van der Waals surface area contributed by atoms with Crippen molar-refractivity contribution < 1.29 is 18.4 Å². The van der Waals surface area contributed by atoms with Crippen LogP contribution in [-0.4, -0.2) is 34.1 Å². The Balaban J connectivity index is 0.00000456. The summed E-state index contributed by atoms with van der Waals surface area (Å²) < 4.78 is 28.2. The van der Waals surface area contributed by atoms with Crippen molar-refractivity contribution in [2.45, 2.75) is 53.6 Å². The second-order valence-corrected chi connectivity index (χ2v) is 9.52. The third-order valence-electron chi connectivity index (χ3n) is 5.52. The third kappa shape index (κ3) is 7.34. The number of hydrogen-bond donors (Lipinski definition) is 3. The van der Waals surface area contributed by atoms with Crippen LogP contribution in [0.15, 0.2) is 30.5 Å². The van der Waals surface area contributed by atoms with Gasteiger partial charge in [0.15, 0.2) is 0 Å². The molecule has 0 saturated carbocycles. The molecule has 3 aromatic rings. The number of alkyl halides is 1. The van der Waals surface area contributed by atoms with E-state index in [1.54, 1.807) is 39.1 Å². The Labute approximate surface area is 215 Å². The number of carbonyl (C=O) groups excluding carboxylic acids is 2. The Morgan fingerprint density at radius 1 is 1.06 bits per heavy atom. The van der Waals surface area contributed by atoms with Crippen LogP contribution in [0.4, 0.5) is 25.1 Å². The van der Waals surface area contributed by atoms with E-state index in [0.717, 1.165) is 10.9 Å². The lowest BCUT2D eigenvalue weighted by atomic mass is 9.97. The zero-order chi connectivity index (χ0) is 25.9. The van der Waals surface area contributed by atoms with Crippen molar-refractivity contribution in [3.05, 3.63) is 47.5 Å². The molecule has 7 nitrogen and oxygen atoms in total. The Kier molecular flexibility index (Phi) is 9.32. The standard InChI is InChI=1S/C26H31F2N5O2.ClH/c1-14(2)24(34)33-23-12-21-17(13-30-23)10-19(16(4)31-21)18-11-22(20(27)9-15(18)3)32-25(35)29-8-7-26(5,6)28;/h9-14H,7-8H2,1-6H3,(H2,29,32,35)(H,30,33,34);1H. The van der Waals surface area contributed by atoms with E-state index in [2.05, 4.69) is 25.9 Å². The Hall–Kier alpha value is -3.33. The molecular formula is C26H32ClF2N5O2. The van der Waals surface area contributed by atoms with Gasteiger partial charge in [0.2, 0.25) is 5.91 Å². The summed E-state index contributed by atoms with van der Waals surface area (Å²) in [6.45, 7) is 10.2. The normalized spacial score (nSPS) is 11.2. The van der Waals surface area contributed by atoms with E-state index in [1.807, 2.05) is 13.0 Å². The highest BCUT2D eigenvalue weighted by Crippen LogP contribution is 2.32. The molecule has 0 radical (unpaired) electrons. The Bertz CT molecular complexity index is 1280. The summed E-state index contributed by atoms with van der Waals surface area (Å²) in [7, 11) is 0. The first-order valence-corrected chi connectivity index (χ1v) is 11.5. The van der Waals surface area contributed by atoms with Crippen LogP contribution in [0.3, 0.4) is 0 Å². The predicted octanol–water partition coefficient (Wildman–Crippen LogP) is 6.33.